The summed E-state index contributed by atoms with van der Waals surface area (Å²) < 4.78 is 1.96. The van der Waals surface area contributed by atoms with Gasteiger partial charge in [-0.05, 0) is 50.9 Å². The van der Waals surface area contributed by atoms with Crippen molar-refractivity contribution in [1.82, 2.24) is 20.1 Å². The van der Waals surface area contributed by atoms with Crippen molar-refractivity contribution >= 4 is 0 Å². The third kappa shape index (κ3) is 3.01. The van der Waals surface area contributed by atoms with E-state index >= 15 is 0 Å². The maximum atomic E-state index is 4.47. The minimum absolute atomic E-state index is 0.340. The van der Waals surface area contributed by atoms with Gasteiger partial charge in [0.25, 0.3) is 0 Å². The molecule has 0 amide bonds. The molecule has 0 aliphatic carbocycles. The van der Waals surface area contributed by atoms with Gasteiger partial charge >= 0.3 is 0 Å². The Kier molecular flexibility index (Phi) is 4.32. The van der Waals surface area contributed by atoms with Gasteiger partial charge in [-0.2, -0.15) is 5.10 Å². The van der Waals surface area contributed by atoms with Gasteiger partial charge in [-0.3, -0.25) is 9.67 Å². The van der Waals surface area contributed by atoms with E-state index in [1.165, 1.54) is 16.8 Å². The molecule has 0 saturated carbocycles. The summed E-state index contributed by atoms with van der Waals surface area (Å²) in [5.41, 5.74) is 5.01. The van der Waals surface area contributed by atoms with Crippen molar-refractivity contribution in [3.8, 4) is 0 Å². The fourth-order valence-corrected chi connectivity index (χ4v) is 2.53. The number of aryl methyl sites for hydroxylation is 2. The fourth-order valence-electron chi connectivity index (χ4n) is 2.53. The van der Waals surface area contributed by atoms with Crippen LogP contribution in [0.3, 0.4) is 0 Å². The molecule has 4 heteroatoms. The molecule has 2 heterocycles. The number of hydrogen-bond donors (Lipinski definition) is 1. The van der Waals surface area contributed by atoms with E-state index in [-0.39, 0.29) is 0 Å². The average molecular weight is 258 g/mol. The molecule has 2 rings (SSSR count). The molecule has 0 fully saturated rings. The molecule has 2 aromatic rings. The molecule has 2 aromatic heterocycles. The molecule has 0 aromatic carbocycles. The normalized spacial score (nSPS) is 12.6. The van der Waals surface area contributed by atoms with Gasteiger partial charge in [0.2, 0.25) is 0 Å². The summed E-state index contributed by atoms with van der Waals surface area (Å²) in [5, 5.41) is 7.84. The van der Waals surface area contributed by atoms with Crippen molar-refractivity contribution in [3.63, 3.8) is 0 Å². The van der Waals surface area contributed by atoms with Gasteiger partial charge in [-0.1, -0.05) is 6.07 Å². The first-order chi connectivity index (χ1) is 9.13. The predicted molar refractivity (Wildman–Crippen MR) is 77.0 cm³/mol. The topological polar surface area (TPSA) is 42.7 Å². The van der Waals surface area contributed by atoms with Crippen LogP contribution in [0.2, 0.25) is 0 Å². The molecule has 1 unspecified atom stereocenters. The summed E-state index contributed by atoms with van der Waals surface area (Å²) >= 11 is 0. The largest absolute Gasteiger partial charge is 0.313 e. The molecule has 102 valence electrons. The number of nitrogens with one attached hydrogen (secondary N) is 1. The average Bonchev–Trinajstić information content (AvgIpc) is 2.66. The molecule has 4 nitrogen and oxygen atoms in total. The van der Waals surface area contributed by atoms with Crippen LogP contribution >= 0.6 is 0 Å². The van der Waals surface area contributed by atoms with Crippen LogP contribution in [-0.2, 0) is 13.5 Å². The van der Waals surface area contributed by atoms with Crippen molar-refractivity contribution in [1.29, 1.82) is 0 Å². The van der Waals surface area contributed by atoms with E-state index < -0.39 is 0 Å². The van der Waals surface area contributed by atoms with E-state index in [0.29, 0.717) is 6.04 Å². The summed E-state index contributed by atoms with van der Waals surface area (Å²) in [6.45, 7) is 4.22. The quantitative estimate of drug-likeness (QED) is 0.895. The summed E-state index contributed by atoms with van der Waals surface area (Å²) in [4.78, 5) is 4.19. The highest BCUT2D eigenvalue weighted by molar-refractivity contribution is 5.25. The van der Waals surface area contributed by atoms with E-state index in [4.69, 9.17) is 0 Å². The van der Waals surface area contributed by atoms with Crippen LogP contribution in [0.25, 0.3) is 0 Å². The molecule has 0 aliphatic rings. The third-order valence-electron chi connectivity index (χ3n) is 3.78. The van der Waals surface area contributed by atoms with Crippen LogP contribution in [0.5, 0.6) is 0 Å². The van der Waals surface area contributed by atoms with Gasteiger partial charge in [0.05, 0.1) is 5.69 Å². The minimum Gasteiger partial charge on any atom is -0.313 e. The Balaban J connectivity index is 2.08. The van der Waals surface area contributed by atoms with Crippen molar-refractivity contribution in [2.75, 3.05) is 7.05 Å². The highest BCUT2D eigenvalue weighted by atomic mass is 15.3. The lowest BCUT2D eigenvalue weighted by atomic mass is 9.99. The Morgan fingerprint density at radius 2 is 2.16 bits per heavy atom. The minimum atomic E-state index is 0.340. The number of pyridine rings is 1. The lowest BCUT2D eigenvalue weighted by Gasteiger charge is -2.16. The van der Waals surface area contributed by atoms with Crippen LogP contribution in [0.1, 0.15) is 35.0 Å². The zero-order chi connectivity index (χ0) is 13.8. The second-order valence-electron chi connectivity index (χ2n) is 4.94. The first-order valence-corrected chi connectivity index (χ1v) is 6.69. The molecule has 1 N–H and O–H groups in total. The fraction of sp³-hybridized carbons (Fsp3) is 0.467. The van der Waals surface area contributed by atoms with Gasteiger partial charge in [0, 0.05) is 31.2 Å². The van der Waals surface area contributed by atoms with E-state index in [1.807, 2.05) is 37.2 Å². The van der Waals surface area contributed by atoms with Gasteiger partial charge in [0.15, 0.2) is 0 Å². The monoisotopic (exact) mass is 258 g/mol. The number of rotatable bonds is 5. The summed E-state index contributed by atoms with van der Waals surface area (Å²) in [5.74, 6) is 0. The van der Waals surface area contributed by atoms with E-state index in [9.17, 15) is 0 Å². The molecule has 19 heavy (non-hydrogen) atoms. The van der Waals surface area contributed by atoms with E-state index in [2.05, 4.69) is 35.3 Å². The zero-order valence-electron chi connectivity index (χ0n) is 12.1. The molecule has 0 saturated heterocycles. The first-order valence-electron chi connectivity index (χ1n) is 6.69. The zero-order valence-corrected chi connectivity index (χ0v) is 12.1. The lowest BCUT2D eigenvalue weighted by Crippen LogP contribution is -2.17. The highest BCUT2D eigenvalue weighted by Crippen LogP contribution is 2.21. The molecule has 0 spiro atoms. The Morgan fingerprint density at radius 1 is 1.37 bits per heavy atom. The number of hydrogen-bond acceptors (Lipinski definition) is 3. The number of nitrogens with zero attached hydrogens (tertiary/aromatic N) is 3. The lowest BCUT2D eigenvalue weighted by molar-refractivity contribution is 0.546. The van der Waals surface area contributed by atoms with Crippen molar-refractivity contribution < 1.29 is 0 Å². The third-order valence-corrected chi connectivity index (χ3v) is 3.78. The van der Waals surface area contributed by atoms with Crippen LogP contribution in [-0.4, -0.2) is 21.8 Å². The van der Waals surface area contributed by atoms with Crippen LogP contribution in [0.15, 0.2) is 24.5 Å². The van der Waals surface area contributed by atoms with Crippen molar-refractivity contribution in [2.45, 2.75) is 32.7 Å². The summed E-state index contributed by atoms with van der Waals surface area (Å²) in [6, 6.07) is 4.45. The van der Waals surface area contributed by atoms with Crippen molar-refractivity contribution in [2.24, 2.45) is 7.05 Å². The molecule has 0 bridgehead atoms. The van der Waals surface area contributed by atoms with Crippen molar-refractivity contribution in [3.05, 3.63) is 47.0 Å². The van der Waals surface area contributed by atoms with Gasteiger partial charge in [-0.15, -0.1) is 0 Å². The molecular formula is C15H22N4. The summed E-state index contributed by atoms with van der Waals surface area (Å²) in [6.07, 6.45) is 5.83. The number of aromatic nitrogens is 3. The van der Waals surface area contributed by atoms with Gasteiger partial charge in [0.1, 0.15) is 0 Å². The molecule has 0 radical (unpaired) electrons. The Labute approximate surface area is 114 Å². The van der Waals surface area contributed by atoms with E-state index in [1.54, 1.807) is 0 Å². The van der Waals surface area contributed by atoms with Crippen LogP contribution in [0, 0.1) is 13.8 Å². The Hall–Kier alpha value is -1.68. The van der Waals surface area contributed by atoms with Crippen LogP contribution in [0.4, 0.5) is 0 Å². The maximum Gasteiger partial charge on any atom is 0.0628 e. The molecule has 0 aliphatic heterocycles. The maximum absolute atomic E-state index is 4.47. The first kappa shape index (κ1) is 13.7. The Morgan fingerprint density at radius 3 is 2.68 bits per heavy atom. The Bertz CT molecular complexity index is 531. The molecular weight excluding hydrogens is 236 g/mol. The van der Waals surface area contributed by atoms with Gasteiger partial charge in [-0.25, -0.2) is 0 Å². The van der Waals surface area contributed by atoms with Gasteiger partial charge < -0.3 is 5.32 Å². The molecule has 1 atom stereocenters. The predicted octanol–water partition coefficient (Wildman–Crippen LogP) is 2.33. The van der Waals surface area contributed by atoms with E-state index in [0.717, 1.165) is 18.5 Å². The standard InChI is InChI=1S/C15H22N4/c1-11-14(12(2)19(4)18-11)7-8-15(16-3)13-6-5-9-17-10-13/h5-6,9-10,15-16H,7-8H2,1-4H3. The second kappa shape index (κ2) is 5.97. The highest BCUT2D eigenvalue weighted by Gasteiger charge is 2.13. The second-order valence-corrected chi connectivity index (χ2v) is 4.94. The smallest absolute Gasteiger partial charge is 0.0628 e. The SMILES string of the molecule is CNC(CCc1c(C)nn(C)c1C)c1cccnc1. The van der Waals surface area contributed by atoms with Crippen LogP contribution < -0.4 is 5.32 Å². The summed E-state index contributed by atoms with van der Waals surface area (Å²) in [7, 11) is 4.00.